The SMILES string of the molecule is C=C(c1ccccc1)C(CC)C(/N=C(\CC)c1ccc(-c2ccc(-c3ccc(-n4c(-c5ccccc5)nc5ccccc54)cc3)cc2-c2ccc(C#N)cc2)cc1)c1ccccc1. The van der Waals surface area contributed by atoms with Gasteiger partial charge in [-0.05, 0) is 111 Å². The molecule has 9 rings (SSSR count). The van der Waals surface area contributed by atoms with Crippen molar-refractivity contribution >= 4 is 22.3 Å². The van der Waals surface area contributed by atoms with E-state index < -0.39 is 0 Å². The Morgan fingerprint density at radius 2 is 1.17 bits per heavy atom. The molecule has 0 amide bonds. The van der Waals surface area contributed by atoms with Gasteiger partial charge in [-0.2, -0.15) is 5.26 Å². The Bertz CT molecular complexity index is 3070. The van der Waals surface area contributed by atoms with Crippen LogP contribution in [0.2, 0.25) is 0 Å². The predicted octanol–water partition coefficient (Wildman–Crippen LogP) is 15.2. The highest BCUT2D eigenvalue weighted by Gasteiger charge is 2.26. The molecule has 63 heavy (non-hydrogen) atoms. The highest BCUT2D eigenvalue weighted by atomic mass is 15.1. The van der Waals surface area contributed by atoms with E-state index in [0.717, 1.165) is 96.7 Å². The molecule has 0 saturated heterocycles. The zero-order valence-electron chi connectivity index (χ0n) is 35.7. The third-order valence-electron chi connectivity index (χ3n) is 12.1. The molecule has 4 nitrogen and oxygen atoms in total. The minimum absolute atomic E-state index is 0.0756. The standard InChI is InChI=1S/C59H48N4/c1-4-52(41(3)43-17-9-6-10-18-43)58(48-19-11-7-12-20-48)61-55(5-2)47-31-29-45(30-32-47)53-38-35-50(39-54(53)46-27-25-42(40-60)26-28-46)44-33-36-51(37-34-44)63-57-24-16-15-23-56(57)62-59(63)49-21-13-8-14-22-49/h6-39,52,58H,3-5H2,1-2H3/b61-55+. The lowest BCUT2D eigenvalue weighted by atomic mass is 9.82. The number of nitriles is 1. The maximum atomic E-state index is 9.62. The summed E-state index contributed by atoms with van der Waals surface area (Å²) in [5, 5.41) is 9.62. The van der Waals surface area contributed by atoms with E-state index >= 15 is 0 Å². The number of hydrogen-bond donors (Lipinski definition) is 0. The largest absolute Gasteiger partial charge is 0.292 e. The fraction of sp³-hybridized carbons (Fsp3) is 0.102. The summed E-state index contributed by atoms with van der Waals surface area (Å²) in [6.07, 6.45) is 1.72. The van der Waals surface area contributed by atoms with Crippen LogP contribution in [0.1, 0.15) is 55.0 Å². The summed E-state index contributed by atoms with van der Waals surface area (Å²) >= 11 is 0. The molecule has 1 heterocycles. The van der Waals surface area contributed by atoms with Crippen LogP contribution in [-0.4, -0.2) is 15.3 Å². The van der Waals surface area contributed by atoms with Crippen LogP contribution in [0.15, 0.2) is 218 Å². The van der Waals surface area contributed by atoms with Crippen LogP contribution < -0.4 is 0 Å². The summed E-state index contributed by atoms with van der Waals surface area (Å²) < 4.78 is 2.24. The maximum Gasteiger partial charge on any atom is 0.145 e. The summed E-state index contributed by atoms with van der Waals surface area (Å²) in [5.74, 6) is 1.05. The number of aliphatic imine (C=N–C) groups is 1. The van der Waals surface area contributed by atoms with Gasteiger partial charge in [0.2, 0.25) is 0 Å². The summed E-state index contributed by atoms with van der Waals surface area (Å²) in [5.41, 5.74) is 17.0. The van der Waals surface area contributed by atoms with Crippen LogP contribution in [0.5, 0.6) is 0 Å². The molecule has 9 aromatic rings. The van der Waals surface area contributed by atoms with Crippen LogP contribution in [-0.2, 0) is 0 Å². The third-order valence-corrected chi connectivity index (χ3v) is 12.1. The molecule has 4 heteroatoms. The molecule has 0 aliphatic rings. The molecule has 0 N–H and O–H groups in total. The third kappa shape index (κ3) is 8.43. The predicted molar refractivity (Wildman–Crippen MR) is 263 cm³/mol. The fourth-order valence-electron chi connectivity index (χ4n) is 8.76. The Morgan fingerprint density at radius 1 is 0.587 bits per heavy atom. The lowest BCUT2D eigenvalue weighted by Gasteiger charge is -2.27. The van der Waals surface area contributed by atoms with Gasteiger partial charge in [0, 0.05) is 22.9 Å². The first-order valence-electron chi connectivity index (χ1n) is 21.8. The van der Waals surface area contributed by atoms with E-state index in [2.05, 4.69) is 201 Å². The van der Waals surface area contributed by atoms with E-state index in [1.54, 1.807) is 0 Å². The van der Waals surface area contributed by atoms with Gasteiger partial charge in [0.05, 0.1) is 28.7 Å². The monoisotopic (exact) mass is 812 g/mol. The van der Waals surface area contributed by atoms with Gasteiger partial charge >= 0.3 is 0 Å². The van der Waals surface area contributed by atoms with Gasteiger partial charge in [-0.25, -0.2) is 4.98 Å². The molecule has 0 aliphatic carbocycles. The van der Waals surface area contributed by atoms with Crippen molar-refractivity contribution in [3.05, 3.63) is 235 Å². The highest BCUT2D eigenvalue weighted by molar-refractivity contribution is 6.01. The van der Waals surface area contributed by atoms with Gasteiger partial charge in [-0.3, -0.25) is 9.56 Å². The molecular weight excluding hydrogens is 765 g/mol. The van der Waals surface area contributed by atoms with Crippen molar-refractivity contribution in [2.75, 3.05) is 0 Å². The molecule has 2 atom stereocenters. The van der Waals surface area contributed by atoms with Crippen LogP contribution in [0.4, 0.5) is 0 Å². The maximum absolute atomic E-state index is 9.62. The quantitative estimate of drug-likeness (QED) is 0.109. The van der Waals surface area contributed by atoms with Gasteiger partial charge < -0.3 is 0 Å². The second-order valence-corrected chi connectivity index (χ2v) is 15.9. The van der Waals surface area contributed by atoms with Crippen molar-refractivity contribution in [2.24, 2.45) is 10.9 Å². The number of benzene rings is 8. The number of nitrogens with zero attached hydrogens (tertiary/aromatic N) is 4. The van der Waals surface area contributed by atoms with Crippen molar-refractivity contribution in [3.8, 4) is 56.5 Å². The molecule has 0 saturated carbocycles. The van der Waals surface area contributed by atoms with Crippen LogP contribution in [0, 0.1) is 17.2 Å². The van der Waals surface area contributed by atoms with Gasteiger partial charge in [-0.1, -0.05) is 184 Å². The van der Waals surface area contributed by atoms with Crippen LogP contribution in [0.3, 0.4) is 0 Å². The second kappa shape index (κ2) is 18.4. The first-order chi connectivity index (χ1) is 31.0. The molecule has 2 unspecified atom stereocenters. The molecular formula is C59H48N4. The van der Waals surface area contributed by atoms with Crippen molar-refractivity contribution in [1.82, 2.24) is 9.55 Å². The lowest BCUT2D eigenvalue weighted by Crippen LogP contribution is -2.15. The van der Waals surface area contributed by atoms with E-state index in [4.69, 9.17) is 9.98 Å². The van der Waals surface area contributed by atoms with E-state index in [-0.39, 0.29) is 12.0 Å². The number of para-hydroxylation sites is 2. The molecule has 0 aliphatic heterocycles. The van der Waals surface area contributed by atoms with Crippen molar-refractivity contribution < 1.29 is 0 Å². The van der Waals surface area contributed by atoms with Crippen LogP contribution >= 0.6 is 0 Å². The fourth-order valence-corrected chi connectivity index (χ4v) is 8.76. The Kier molecular flexibility index (Phi) is 11.8. The van der Waals surface area contributed by atoms with Crippen molar-refractivity contribution in [1.29, 1.82) is 5.26 Å². The molecule has 0 radical (unpaired) electrons. The number of rotatable bonds is 13. The van der Waals surface area contributed by atoms with E-state index in [1.165, 1.54) is 5.56 Å². The Morgan fingerprint density at radius 3 is 1.84 bits per heavy atom. The van der Waals surface area contributed by atoms with Crippen LogP contribution in [0.25, 0.3) is 67.1 Å². The number of aromatic nitrogens is 2. The minimum Gasteiger partial charge on any atom is -0.292 e. The summed E-state index contributed by atoms with van der Waals surface area (Å²) in [4.78, 5) is 10.6. The molecule has 0 spiro atoms. The smallest absolute Gasteiger partial charge is 0.145 e. The van der Waals surface area contributed by atoms with Gasteiger partial charge in [0.15, 0.2) is 0 Å². The Labute approximate surface area is 370 Å². The average Bonchev–Trinajstić information content (AvgIpc) is 3.76. The average molecular weight is 813 g/mol. The number of imidazole rings is 1. The van der Waals surface area contributed by atoms with Gasteiger partial charge in [0.25, 0.3) is 0 Å². The molecule has 8 aromatic carbocycles. The lowest BCUT2D eigenvalue weighted by molar-refractivity contribution is 0.523. The zero-order valence-corrected chi connectivity index (χ0v) is 35.7. The first-order valence-corrected chi connectivity index (χ1v) is 21.8. The molecule has 0 fully saturated rings. The first kappa shape index (κ1) is 40.5. The molecule has 304 valence electrons. The summed E-state index contributed by atoms with van der Waals surface area (Å²) in [7, 11) is 0. The normalized spacial score (nSPS) is 12.4. The van der Waals surface area contributed by atoms with Crippen molar-refractivity contribution in [3.63, 3.8) is 0 Å². The van der Waals surface area contributed by atoms with Gasteiger partial charge in [0.1, 0.15) is 5.82 Å². The van der Waals surface area contributed by atoms with E-state index in [0.29, 0.717) is 5.56 Å². The minimum atomic E-state index is -0.0756. The van der Waals surface area contributed by atoms with Gasteiger partial charge in [-0.15, -0.1) is 0 Å². The number of hydrogen-bond acceptors (Lipinski definition) is 3. The topological polar surface area (TPSA) is 54.0 Å². The molecule has 1 aromatic heterocycles. The number of fused-ring (bicyclic) bond motifs is 1. The summed E-state index contributed by atoms with van der Waals surface area (Å²) in [6.45, 7) is 9.04. The van der Waals surface area contributed by atoms with Crippen molar-refractivity contribution in [2.45, 2.75) is 32.7 Å². The van der Waals surface area contributed by atoms with E-state index in [1.807, 2.05) is 36.4 Å². The summed E-state index contributed by atoms with van der Waals surface area (Å²) in [6, 6.07) is 74.2. The second-order valence-electron chi connectivity index (χ2n) is 15.9. The highest BCUT2D eigenvalue weighted by Crippen LogP contribution is 2.40. The Hall–Kier alpha value is -7.87. The van der Waals surface area contributed by atoms with E-state index in [9.17, 15) is 5.26 Å². The zero-order chi connectivity index (χ0) is 43.1. The molecule has 0 bridgehead atoms. The Balaban J connectivity index is 1.07.